The number of amides is 1. The predicted octanol–water partition coefficient (Wildman–Crippen LogP) is 0.532. The summed E-state index contributed by atoms with van der Waals surface area (Å²) in [5, 5.41) is 18.0. The van der Waals surface area contributed by atoms with Crippen LogP contribution in [0, 0.1) is 0 Å². The van der Waals surface area contributed by atoms with Crippen molar-refractivity contribution in [2.24, 2.45) is 0 Å². The molecule has 0 aromatic heterocycles. The number of Topliss-reactive ketones (excluding diaryl/α,β-unsaturated/α-hetero) is 1. The molecule has 2 N–H and O–H groups in total. The number of ketones is 1. The fourth-order valence-corrected chi connectivity index (χ4v) is 1.79. The van der Waals surface area contributed by atoms with Gasteiger partial charge in [0.15, 0.2) is 0 Å². The van der Waals surface area contributed by atoms with Crippen molar-refractivity contribution in [2.75, 3.05) is 0 Å². The smallest absolute Gasteiger partial charge is 0.338 e. The molecule has 0 unspecified atom stereocenters. The van der Waals surface area contributed by atoms with Gasteiger partial charge in [0, 0.05) is 6.54 Å². The summed E-state index contributed by atoms with van der Waals surface area (Å²) >= 11 is 0. The normalized spacial score (nSPS) is 10.2. The molecule has 7 nitrogen and oxygen atoms in total. The average molecular weight is 293 g/mol. The molecule has 0 aliphatic heterocycles. The zero-order valence-electron chi connectivity index (χ0n) is 11.4. The van der Waals surface area contributed by atoms with Gasteiger partial charge in [0.2, 0.25) is 11.9 Å². The lowest BCUT2D eigenvalue weighted by molar-refractivity contribution is -0.162. The lowest BCUT2D eigenvalue weighted by Gasteiger charge is -2.26. The summed E-state index contributed by atoms with van der Waals surface area (Å²) in [6.07, 6.45) is -0.538. The van der Waals surface area contributed by atoms with Gasteiger partial charge in [0.05, 0.1) is 6.42 Å². The van der Waals surface area contributed by atoms with Crippen LogP contribution in [-0.2, 0) is 25.7 Å². The molecule has 21 heavy (non-hydrogen) atoms. The maximum Gasteiger partial charge on any atom is 0.338 e. The van der Waals surface area contributed by atoms with Crippen molar-refractivity contribution in [2.45, 2.75) is 25.9 Å². The first-order valence-corrected chi connectivity index (χ1v) is 6.11. The Bertz CT molecular complexity index is 540. The van der Waals surface area contributed by atoms with Gasteiger partial charge in [-0.2, -0.15) is 0 Å². The van der Waals surface area contributed by atoms with Gasteiger partial charge in [-0.3, -0.25) is 9.59 Å². The minimum absolute atomic E-state index is 0.198. The van der Waals surface area contributed by atoms with E-state index in [4.69, 9.17) is 10.2 Å². The van der Waals surface area contributed by atoms with Crippen LogP contribution in [0.15, 0.2) is 30.3 Å². The molecule has 0 bridgehead atoms. The minimum atomic E-state index is -2.03. The van der Waals surface area contributed by atoms with E-state index in [0.717, 1.165) is 0 Å². The van der Waals surface area contributed by atoms with E-state index in [1.165, 1.54) is 6.92 Å². The van der Waals surface area contributed by atoms with Crippen LogP contribution in [0.25, 0.3) is 0 Å². The number of rotatable bonds is 7. The lowest BCUT2D eigenvalue weighted by atomic mass is 10.1. The topological polar surface area (TPSA) is 112 Å². The number of nitrogens with zero attached hydrogens (tertiary/aromatic N) is 1. The van der Waals surface area contributed by atoms with Crippen molar-refractivity contribution in [3.63, 3.8) is 0 Å². The van der Waals surface area contributed by atoms with Crippen LogP contribution in [0.5, 0.6) is 0 Å². The second-order valence-electron chi connectivity index (χ2n) is 4.47. The van der Waals surface area contributed by atoms with Crippen LogP contribution in [0.2, 0.25) is 0 Å². The van der Waals surface area contributed by atoms with Gasteiger partial charge in [-0.05, 0) is 12.5 Å². The van der Waals surface area contributed by atoms with Gasteiger partial charge < -0.3 is 15.1 Å². The van der Waals surface area contributed by atoms with Crippen molar-refractivity contribution < 1.29 is 29.4 Å². The molecule has 0 saturated carbocycles. The van der Waals surface area contributed by atoms with Gasteiger partial charge in [0.25, 0.3) is 0 Å². The largest absolute Gasteiger partial charge is 0.479 e. The van der Waals surface area contributed by atoms with Crippen LogP contribution in [0.3, 0.4) is 0 Å². The number of hydrogen-bond donors (Lipinski definition) is 2. The van der Waals surface area contributed by atoms with E-state index in [2.05, 4.69) is 0 Å². The molecule has 0 saturated heterocycles. The molecule has 7 heteroatoms. The Morgan fingerprint density at radius 3 is 2.00 bits per heavy atom. The Balaban J connectivity index is 3.09. The van der Waals surface area contributed by atoms with Crippen molar-refractivity contribution >= 4 is 23.6 Å². The third kappa shape index (κ3) is 4.72. The number of benzene rings is 1. The first-order valence-electron chi connectivity index (χ1n) is 6.11. The Hall–Kier alpha value is -2.70. The molecule has 0 atom stereocenters. The van der Waals surface area contributed by atoms with Crippen molar-refractivity contribution in [1.82, 2.24) is 4.90 Å². The van der Waals surface area contributed by atoms with Crippen molar-refractivity contribution in [1.29, 1.82) is 0 Å². The van der Waals surface area contributed by atoms with E-state index in [1.54, 1.807) is 30.3 Å². The first kappa shape index (κ1) is 16.4. The molecule has 1 aromatic carbocycles. The summed E-state index contributed by atoms with van der Waals surface area (Å²) in [4.78, 5) is 45.9. The molecular formula is C14H15NO6. The second kappa shape index (κ2) is 7.18. The molecule has 0 heterocycles. The van der Waals surface area contributed by atoms with E-state index in [0.29, 0.717) is 10.5 Å². The number of carboxylic acid groups (broad SMARTS) is 2. The monoisotopic (exact) mass is 293 g/mol. The zero-order chi connectivity index (χ0) is 16.0. The standard InChI is InChI=1S/C14H15NO6/c1-9(16)7-11(17)15(12(13(18)19)14(20)21)8-10-5-3-2-4-6-10/h2-6,12H,7-8H2,1H3,(H,18,19)(H,20,21). The highest BCUT2D eigenvalue weighted by atomic mass is 16.4. The number of carbonyl (C=O) groups is 4. The quantitative estimate of drug-likeness (QED) is 0.709. The summed E-state index contributed by atoms with van der Waals surface area (Å²) < 4.78 is 0. The van der Waals surface area contributed by atoms with E-state index in [-0.39, 0.29) is 6.54 Å². The van der Waals surface area contributed by atoms with Crippen LogP contribution in [-0.4, -0.2) is 44.8 Å². The molecule has 0 aliphatic carbocycles. The average Bonchev–Trinajstić information content (AvgIpc) is 2.37. The number of carbonyl (C=O) groups excluding carboxylic acids is 2. The van der Waals surface area contributed by atoms with E-state index in [1.807, 2.05) is 0 Å². The van der Waals surface area contributed by atoms with E-state index in [9.17, 15) is 19.2 Å². The van der Waals surface area contributed by atoms with Gasteiger partial charge in [-0.25, -0.2) is 9.59 Å². The lowest BCUT2D eigenvalue weighted by Crippen LogP contribution is -2.49. The molecular weight excluding hydrogens is 278 g/mol. The van der Waals surface area contributed by atoms with Crippen LogP contribution in [0.4, 0.5) is 0 Å². The van der Waals surface area contributed by atoms with Crippen LogP contribution < -0.4 is 0 Å². The third-order valence-electron chi connectivity index (χ3n) is 2.70. The van der Waals surface area contributed by atoms with Crippen LogP contribution >= 0.6 is 0 Å². The molecule has 1 amide bonds. The number of carboxylic acids is 2. The van der Waals surface area contributed by atoms with E-state index < -0.39 is 36.1 Å². The summed E-state index contributed by atoms with van der Waals surface area (Å²) in [6, 6.07) is 6.33. The number of aliphatic carboxylic acids is 2. The highest BCUT2D eigenvalue weighted by Gasteiger charge is 2.36. The number of hydrogen-bond acceptors (Lipinski definition) is 4. The highest BCUT2D eigenvalue weighted by molar-refractivity contribution is 6.04. The van der Waals surface area contributed by atoms with Gasteiger partial charge in [-0.15, -0.1) is 0 Å². The summed E-state index contributed by atoms with van der Waals surface area (Å²) in [5.41, 5.74) is 0.571. The summed E-state index contributed by atoms with van der Waals surface area (Å²) in [5.74, 6) is -4.61. The molecule has 1 rings (SSSR count). The Morgan fingerprint density at radius 2 is 1.57 bits per heavy atom. The maximum absolute atomic E-state index is 12.0. The predicted molar refractivity (Wildman–Crippen MR) is 71.3 cm³/mol. The fourth-order valence-electron chi connectivity index (χ4n) is 1.79. The molecule has 0 radical (unpaired) electrons. The Morgan fingerprint density at radius 1 is 1.05 bits per heavy atom. The first-order chi connectivity index (χ1) is 9.82. The highest BCUT2D eigenvalue weighted by Crippen LogP contribution is 2.11. The van der Waals surface area contributed by atoms with Gasteiger partial charge in [0.1, 0.15) is 5.78 Å². The van der Waals surface area contributed by atoms with Crippen LogP contribution in [0.1, 0.15) is 18.9 Å². The molecule has 0 fully saturated rings. The minimum Gasteiger partial charge on any atom is -0.479 e. The maximum atomic E-state index is 12.0. The van der Waals surface area contributed by atoms with Crippen molar-refractivity contribution in [3.05, 3.63) is 35.9 Å². The molecule has 0 aliphatic rings. The zero-order valence-corrected chi connectivity index (χ0v) is 11.4. The van der Waals surface area contributed by atoms with E-state index >= 15 is 0 Å². The fraction of sp³-hybridized carbons (Fsp3) is 0.286. The van der Waals surface area contributed by atoms with Gasteiger partial charge >= 0.3 is 11.9 Å². The molecule has 112 valence electrons. The summed E-state index contributed by atoms with van der Waals surface area (Å²) in [7, 11) is 0. The Kier molecular flexibility index (Phi) is 5.59. The van der Waals surface area contributed by atoms with Gasteiger partial charge in [-0.1, -0.05) is 30.3 Å². The second-order valence-corrected chi connectivity index (χ2v) is 4.47. The Labute approximate surface area is 120 Å². The molecule has 1 aromatic rings. The van der Waals surface area contributed by atoms with Crippen molar-refractivity contribution in [3.8, 4) is 0 Å². The third-order valence-corrected chi connectivity index (χ3v) is 2.70. The SMILES string of the molecule is CC(=O)CC(=O)N(Cc1ccccc1)C(C(=O)O)C(=O)O. The summed E-state index contributed by atoms with van der Waals surface area (Å²) in [6.45, 7) is 0.978. The molecule has 0 spiro atoms.